The topological polar surface area (TPSA) is 117 Å². The molecule has 1 amide bonds. The fraction of sp³-hybridized carbons (Fsp3) is 0.393. The average Bonchev–Trinajstić information content (AvgIpc) is 3.40. The Balaban J connectivity index is 1.40. The number of carbonyl (C=O) groups is 1. The summed E-state index contributed by atoms with van der Waals surface area (Å²) in [5, 5.41) is 15.9. The highest BCUT2D eigenvalue weighted by Gasteiger charge is 2.47. The highest BCUT2D eigenvalue weighted by Crippen LogP contribution is 2.37. The number of ether oxygens (including phenoxy) is 1. The molecule has 1 saturated carbocycles. The van der Waals surface area contributed by atoms with Crippen molar-refractivity contribution in [2.75, 3.05) is 11.4 Å². The van der Waals surface area contributed by atoms with Gasteiger partial charge in [0.2, 0.25) is 0 Å². The lowest BCUT2D eigenvalue weighted by atomic mass is 10.1. The Morgan fingerprint density at radius 1 is 1.21 bits per heavy atom. The van der Waals surface area contributed by atoms with Gasteiger partial charge in [-0.1, -0.05) is 54.1 Å². The highest BCUT2D eigenvalue weighted by molar-refractivity contribution is 7.92. The second-order valence-corrected chi connectivity index (χ2v) is 12.7. The first-order chi connectivity index (χ1) is 18.7. The van der Waals surface area contributed by atoms with Crippen molar-refractivity contribution in [3.8, 4) is 6.07 Å². The van der Waals surface area contributed by atoms with E-state index < -0.39 is 32.9 Å². The molecule has 0 spiro atoms. The molecule has 11 heteroatoms. The summed E-state index contributed by atoms with van der Waals surface area (Å²) in [7, 11) is -3.83. The Hall–Kier alpha value is -3.55. The van der Waals surface area contributed by atoms with E-state index in [-0.39, 0.29) is 22.9 Å². The Labute approximate surface area is 233 Å². The zero-order chi connectivity index (χ0) is 27.6. The van der Waals surface area contributed by atoms with E-state index in [9.17, 15) is 18.5 Å². The van der Waals surface area contributed by atoms with Gasteiger partial charge in [-0.2, -0.15) is 10.4 Å². The molecule has 0 unspecified atom stereocenters. The van der Waals surface area contributed by atoms with E-state index in [1.165, 1.54) is 11.6 Å². The van der Waals surface area contributed by atoms with E-state index in [4.69, 9.17) is 16.3 Å². The van der Waals surface area contributed by atoms with E-state index in [1.54, 1.807) is 23.1 Å². The summed E-state index contributed by atoms with van der Waals surface area (Å²) in [5.74, 6) is 0.677. The van der Waals surface area contributed by atoms with Crippen molar-refractivity contribution in [2.45, 2.75) is 67.5 Å². The number of hydrogen-bond donors (Lipinski definition) is 1. The number of amides is 1. The SMILES string of the molecule is Cc1cc(N2C[C@H](S(=O)(=O)c3ccccc3Cl)C[C@@H]2OC(=O)NC2(C#N)CC2)n(CCCc2ccccc2)n1. The van der Waals surface area contributed by atoms with Crippen molar-refractivity contribution in [2.24, 2.45) is 0 Å². The molecule has 1 aliphatic heterocycles. The van der Waals surface area contributed by atoms with Gasteiger partial charge in [-0.25, -0.2) is 17.9 Å². The largest absolute Gasteiger partial charge is 0.425 e. The minimum Gasteiger partial charge on any atom is -0.425 e. The quantitative estimate of drug-likeness (QED) is 0.400. The van der Waals surface area contributed by atoms with Crippen molar-refractivity contribution in [1.29, 1.82) is 5.26 Å². The molecule has 5 rings (SSSR count). The predicted octanol–water partition coefficient (Wildman–Crippen LogP) is 4.64. The van der Waals surface area contributed by atoms with Crippen LogP contribution >= 0.6 is 11.6 Å². The van der Waals surface area contributed by atoms with Crippen LogP contribution in [-0.2, 0) is 27.5 Å². The molecule has 2 aliphatic rings. The van der Waals surface area contributed by atoms with Crippen molar-refractivity contribution in [3.63, 3.8) is 0 Å². The zero-order valence-electron chi connectivity index (χ0n) is 21.6. The number of halogens is 1. The van der Waals surface area contributed by atoms with Crippen LogP contribution in [0.15, 0.2) is 65.6 Å². The smallest absolute Gasteiger partial charge is 0.410 e. The van der Waals surface area contributed by atoms with Gasteiger partial charge in [-0.3, -0.25) is 0 Å². The summed E-state index contributed by atoms with van der Waals surface area (Å²) in [6.07, 6.45) is 1.24. The number of benzene rings is 2. The third-order valence-electron chi connectivity index (χ3n) is 7.20. The molecule has 1 aliphatic carbocycles. The third kappa shape index (κ3) is 5.89. The van der Waals surface area contributed by atoms with Crippen molar-refractivity contribution in [3.05, 3.63) is 76.9 Å². The lowest BCUT2D eigenvalue weighted by Crippen LogP contribution is -2.42. The number of nitriles is 1. The average molecular weight is 568 g/mol. The van der Waals surface area contributed by atoms with Gasteiger partial charge < -0.3 is 15.0 Å². The van der Waals surface area contributed by atoms with Crippen molar-refractivity contribution < 1.29 is 17.9 Å². The number of hydrogen-bond acceptors (Lipinski definition) is 7. The van der Waals surface area contributed by atoms with Crippen LogP contribution in [0.25, 0.3) is 0 Å². The molecule has 2 atom stereocenters. The molecule has 9 nitrogen and oxygen atoms in total. The number of rotatable bonds is 9. The molecule has 0 radical (unpaired) electrons. The minimum absolute atomic E-state index is 0.0504. The first-order valence-electron chi connectivity index (χ1n) is 12.9. The van der Waals surface area contributed by atoms with Gasteiger partial charge >= 0.3 is 6.09 Å². The Kier molecular flexibility index (Phi) is 7.56. The summed E-state index contributed by atoms with van der Waals surface area (Å²) in [5.41, 5.74) is 1.09. The van der Waals surface area contributed by atoms with E-state index in [2.05, 4.69) is 28.6 Å². The maximum absolute atomic E-state index is 13.6. The molecule has 3 aromatic rings. The number of sulfone groups is 1. The van der Waals surface area contributed by atoms with E-state index in [1.807, 2.05) is 35.9 Å². The van der Waals surface area contributed by atoms with Crippen LogP contribution < -0.4 is 10.2 Å². The van der Waals surface area contributed by atoms with Gasteiger partial charge in [0.25, 0.3) is 0 Å². The number of nitrogens with zero attached hydrogens (tertiary/aromatic N) is 4. The fourth-order valence-corrected chi connectivity index (χ4v) is 7.14. The molecule has 1 aromatic heterocycles. The van der Waals surface area contributed by atoms with Crippen LogP contribution in [0.5, 0.6) is 0 Å². The van der Waals surface area contributed by atoms with Crippen LogP contribution in [0, 0.1) is 18.3 Å². The maximum Gasteiger partial charge on any atom is 0.410 e. The third-order valence-corrected chi connectivity index (χ3v) is 9.83. The van der Waals surface area contributed by atoms with Gasteiger partial charge in [-0.15, -0.1) is 0 Å². The summed E-state index contributed by atoms with van der Waals surface area (Å²) in [6, 6.07) is 20.5. The van der Waals surface area contributed by atoms with Crippen LogP contribution in [0.2, 0.25) is 5.02 Å². The number of anilines is 1. The van der Waals surface area contributed by atoms with Gasteiger partial charge in [0.05, 0.1) is 26.9 Å². The lowest BCUT2D eigenvalue weighted by molar-refractivity contribution is 0.0995. The van der Waals surface area contributed by atoms with Crippen LogP contribution in [0.3, 0.4) is 0 Å². The molecule has 2 aromatic carbocycles. The Morgan fingerprint density at radius 3 is 2.62 bits per heavy atom. The van der Waals surface area contributed by atoms with Gasteiger partial charge in [-0.05, 0) is 50.3 Å². The van der Waals surface area contributed by atoms with Crippen LogP contribution in [0.4, 0.5) is 10.6 Å². The first kappa shape index (κ1) is 27.0. The van der Waals surface area contributed by atoms with Crippen LogP contribution in [0.1, 0.15) is 36.9 Å². The van der Waals surface area contributed by atoms with Gasteiger partial charge in [0.1, 0.15) is 11.4 Å². The van der Waals surface area contributed by atoms with Gasteiger partial charge in [0, 0.05) is 25.6 Å². The van der Waals surface area contributed by atoms with Gasteiger partial charge in [0.15, 0.2) is 16.1 Å². The second-order valence-electron chi connectivity index (χ2n) is 10.1. The number of nitrogens with one attached hydrogen (secondary N) is 1. The maximum atomic E-state index is 13.6. The van der Waals surface area contributed by atoms with E-state index >= 15 is 0 Å². The molecule has 1 N–H and O–H groups in total. The summed E-state index contributed by atoms with van der Waals surface area (Å²) in [4.78, 5) is 14.6. The van der Waals surface area contributed by atoms with Crippen LogP contribution in [-0.4, -0.2) is 47.9 Å². The van der Waals surface area contributed by atoms with Crippen molar-refractivity contribution >= 4 is 33.3 Å². The molecule has 2 fully saturated rings. The molecule has 204 valence electrons. The summed E-state index contributed by atoms with van der Waals surface area (Å²) in [6.45, 7) is 2.57. The monoisotopic (exact) mass is 567 g/mol. The Bertz CT molecular complexity index is 1500. The highest BCUT2D eigenvalue weighted by atomic mass is 35.5. The molecular weight excluding hydrogens is 538 g/mol. The minimum atomic E-state index is -3.83. The lowest BCUT2D eigenvalue weighted by Gasteiger charge is -2.27. The number of alkyl carbamates (subject to hydrolysis) is 1. The molecule has 1 saturated heterocycles. The summed E-state index contributed by atoms with van der Waals surface area (Å²) >= 11 is 6.26. The molecule has 2 heterocycles. The predicted molar refractivity (Wildman–Crippen MR) is 147 cm³/mol. The first-order valence-corrected chi connectivity index (χ1v) is 14.9. The Morgan fingerprint density at radius 2 is 1.92 bits per heavy atom. The second kappa shape index (κ2) is 10.9. The number of aromatic nitrogens is 2. The molecule has 39 heavy (non-hydrogen) atoms. The molecule has 0 bridgehead atoms. The zero-order valence-corrected chi connectivity index (χ0v) is 23.2. The van der Waals surface area contributed by atoms with E-state index in [0.717, 1.165) is 18.5 Å². The van der Waals surface area contributed by atoms with Crippen molar-refractivity contribution in [1.82, 2.24) is 15.1 Å². The molecular formula is C28H30ClN5O4S. The standard InChI is InChI=1S/C28H30ClN5O4S/c1-20-16-25(34(32-20)15-7-10-21-8-3-2-4-9-21)33-18-22(39(36,37)24-12-6-5-11-23(24)29)17-26(33)38-27(35)31-28(19-30)13-14-28/h2-6,8-9,11-12,16,22,26H,7,10,13-15,17-18H2,1H3,(H,31,35)/t22-,26+/m1/s1. The normalized spacial score (nSPS) is 19.9. The number of aryl methyl sites for hydroxylation is 3. The summed E-state index contributed by atoms with van der Waals surface area (Å²) < 4.78 is 34.9. The van der Waals surface area contributed by atoms with E-state index in [0.29, 0.717) is 25.2 Å². The number of carbonyl (C=O) groups excluding carboxylic acids is 1. The fourth-order valence-electron chi connectivity index (χ4n) is 4.94.